The van der Waals surface area contributed by atoms with Crippen LogP contribution in [0, 0.1) is 0 Å². The number of benzene rings is 1. The molecule has 1 amide bonds. The first-order valence-corrected chi connectivity index (χ1v) is 9.87. The topological polar surface area (TPSA) is 76.4 Å². The van der Waals surface area contributed by atoms with Gasteiger partial charge in [0.15, 0.2) is 5.13 Å². The number of thiazole rings is 1. The summed E-state index contributed by atoms with van der Waals surface area (Å²) < 4.78 is 7.88. The molecule has 0 radical (unpaired) electrons. The molecule has 0 N–H and O–H groups in total. The molecule has 1 aliphatic heterocycles. The molecule has 1 aromatic carbocycles. The minimum atomic E-state index is -0.0705. The van der Waals surface area contributed by atoms with Crippen molar-refractivity contribution in [2.75, 3.05) is 44.3 Å². The average Bonchev–Trinajstić information content (AvgIpc) is 3.32. The van der Waals surface area contributed by atoms with Crippen LogP contribution in [0.15, 0.2) is 30.9 Å². The second-order valence-corrected chi connectivity index (χ2v) is 7.65. The second kappa shape index (κ2) is 9.62. The summed E-state index contributed by atoms with van der Waals surface area (Å²) in [4.78, 5) is 25.5. The monoisotopic (exact) mass is 442 g/mol. The van der Waals surface area contributed by atoms with Gasteiger partial charge in [0.1, 0.15) is 19.2 Å². The molecule has 11 heteroatoms. The van der Waals surface area contributed by atoms with Crippen molar-refractivity contribution in [3.05, 3.63) is 35.9 Å². The Balaban J connectivity index is 0.00000225. The lowest BCUT2D eigenvalue weighted by molar-refractivity contribution is -0.119. The molecule has 3 aromatic rings. The van der Waals surface area contributed by atoms with Crippen LogP contribution in [0.25, 0.3) is 10.2 Å². The van der Waals surface area contributed by atoms with Gasteiger partial charge in [-0.3, -0.25) is 14.6 Å². The van der Waals surface area contributed by atoms with Crippen molar-refractivity contribution in [3.8, 4) is 0 Å². The van der Waals surface area contributed by atoms with Crippen molar-refractivity contribution in [3.63, 3.8) is 0 Å². The Labute approximate surface area is 177 Å². The number of hydrogen-bond donors (Lipinski definition) is 0. The Hall–Kier alpha value is -1.78. The van der Waals surface area contributed by atoms with Gasteiger partial charge in [-0.05, 0) is 18.2 Å². The minimum Gasteiger partial charge on any atom is -0.379 e. The molecule has 3 heterocycles. The first kappa shape index (κ1) is 20.9. The summed E-state index contributed by atoms with van der Waals surface area (Å²) in [5.41, 5.74) is 0.837. The highest BCUT2D eigenvalue weighted by atomic mass is 35.5. The lowest BCUT2D eigenvalue weighted by Gasteiger charge is -2.29. The summed E-state index contributed by atoms with van der Waals surface area (Å²) in [6.45, 7) is 4.66. The smallest absolute Gasteiger partial charge is 0.250 e. The third-order valence-corrected chi connectivity index (χ3v) is 5.65. The van der Waals surface area contributed by atoms with E-state index in [0.29, 0.717) is 16.7 Å². The number of amides is 1. The van der Waals surface area contributed by atoms with Crippen molar-refractivity contribution in [1.82, 2.24) is 24.6 Å². The van der Waals surface area contributed by atoms with Gasteiger partial charge < -0.3 is 4.74 Å². The van der Waals surface area contributed by atoms with Crippen molar-refractivity contribution in [1.29, 1.82) is 0 Å². The molecule has 1 aliphatic rings. The van der Waals surface area contributed by atoms with Gasteiger partial charge in [-0.2, -0.15) is 5.10 Å². The van der Waals surface area contributed by atoms with Crippen LogP contribution in [-0.4, -0.2) is 69.9 Å². The van der Waals surface area contributed by atoms with E-state index in [4.69, 9.17) is 16.3 Å². The van der Waals surface area contributed by atoms with Gasteiger partial charge >= 0.3 is 0 Å². The van der Waals surface area contributed by atoms with Gasteiger partial charge in [-0.1, -0.05) is 22.9 Å². The van der Waals surface area contributed by atoms with E-state index < -0.39 is 0 Å². The van der Waals surface area contributed by atoms with Crippen LogP contribution < -0.4 is 4.90 Å². The maximum atomic E-state index is 13.0. The van der Waals surface area contributed by atoms with Crippen LogP contribution in [0.2, 0.25) is 5.02 Å². The van der Waals surface area contributed by atoms with Crippen LogP contribution in [0.3, 0.4) is 0 Å². The lowest BCUT2D eigenvalue weighted by atomic mass is 10.3. The van der Waals surface area contributed by atoms with E-state index in [9.17, 15) is 4.79 Å². The van der Waals surface area contributed by atoms with E-state index in [1.54, 1.807) is 4.90 Å². The van der Waals surface area contributed by atoms with Crippen LogP contribution in [0.4, 0.5) is 5.13 Å². The van der Waals surface area contributed by atoms with Crippen molar-refractivity contribution < 1.29 is 9.53 Å². The fraction of sp³-hybridized carbons (Fsp3) is 0.412. The number of aromatic nitrogens is 4. The van der Waals surface area contributed by atoms with Gasteiger partial charge in [0, 0.05) is 31.2 Å². The Kier molecular flexibility index (Phi) is 7.19. The summed E-state index contributed by atoms with van der Waals surface area (Å²) in [7, 11) is 0. The number of ether oxygens (including phenoxy) is 1. The SMILES string of the molecule is Cl.O=C(Cn1cncn1)N(CCN1CCOCC1)c1nc2ccc(Cl)cc2s1. The predicted molar refractivity (Wildman–Crippen MR) is 112 cm³/mol. The highest BCUT2D eigenvalue weighted by Gasteiger charge is 2.22. The zero-order valence-corrected chi connectivity index (χ0v) is 17.4. The van der Waals surface area contributed by atoms with Crippen LogP contribution in [-0.2, 0) is 16.1 Å². The van der Waals surface area contributed by atoms with Crippen LogP contribution >= 0.6 is 35.3 Å². The second-order valence-electron chi connectivity index (χ2n) is 6.20. The van der Waals surface area contributed by atoms with Crippen LogP contribution in [0.1, 0.15) is 0 Å². The standard InChI is InChI=1S/C17H19ClN6O2S.ClH/c18-13-1-2-14-15(9-13)27-17(21-14)24(4-3-22-5-7-26-8-6-22)16(25)10-23-12-19-11-20-23;/h1-2,9,11-12H,3-8,10H2;1H. The molecule has 8 nitrogen and oxygen atoms in total. The zero-order valence-electron chi connectivity index (χ0n) is 15.0. The van der Waals surface area contributed by atoms with Gasteiger partial charge in [0.05, 0.1) is 23.4 Å². The number of anilines is 1. The molecule has 1 saturated heterocycles. The summed E-state index contributed by atoms with van der Waals surface area (Å²) in [5.74, 6) is -0.0705. The number of rotatable bonds is 6. The van der Waals surface area contributed by atoms with Gasteiger partial charge in [-0.15, -0.1) is 12.4 Å². The quantitative estimate of drug-likeness (QED) is 0.582. The fourth-order valence-electron chi connectivity index (χ4n) is 2.93. The van der Waals surface area contributed by atoms with Crippen LogP contribution in [0.5, 0.6) is 0 Å². The Bertz CT molecular complexity index is 914. The maximum absolute atomic E-state index is 13.0. The molecule has 0 aliphatic carbocycles. The fourth-order valence-corrected chi connectivity index (χ4v) is 4.22. The number of hydrogen-bond acceptors (Lipinski definition) is 7. The van der Waals surface area contributed by atoms with Gasteiger partial charge in [-0.25, -0.2) is 14.6 Å². The molecule has 0 unspecified atom stereocenters. The molecule has 2 aromatic heterocycles. The summed E-state index contributed by atoms with van der Waals surface area (Å²) in [6.07, 6.45) is 2.96. The molecular weight excluding hydrogens is 423 g/mol. The first-order chi connectivity index (χ1) is 13.2. The number of carbonyl (C=O) groups excluding carboxylic acids is 1. The summed E-state index contributed by atoms with van der Waals surface area (Å²) in [5, 5.41) is 5.36. The van der Waals surface area contributed by atoms with E-state index >= 15 is 0 Å². The lowest BCUT2D eigenvalue weighted by Crippen LogP contribution is -2.44. The average molecular weight is 443 g/mol. The molecular formula is C17H20Cl2N6O2S. The maximum Gasteiger partial charge on any atom is 0.250 e. The molecule has 0 bridgehead atoms. The zero-order chi connectivity index (χ0) is 18.6. The largest absolute Gasteiger partial charge is 0.379 e. The summed E-state index contributed by atoms with van der Waals surface area (Å²) in [6, 6.07) is 5.56. The highest BCUT2D eigenvalue weighted by molar-refractivity contribution is 7.22. The molecule has 150 valence electrons. The van der Waals surface area contributed by atoms with Crippen molar-refractivity contribution in [2.24, 2.45) is 0 Å². The third-order valence-electron chi connectivity index (χ3n) is 4.38. The number of halogens is 2. The van der Waals surface area contributed by atoms with E-state index in [0.717, 1.165) is 43.1 Å². The molecule has 0 spiro atoms. The summed E-state index contributed by atoms with van der Waals surface area (Å²) >= 11 is 7.56. The van der Waals surface area contributed by atoms with Gasteiger partial charge in [0.25, 0.3) is 5.91 Å². The van der Waals surface area contributed by atoms with Crippen molar-refractivity contribution >= 4 is 56.6 Å². The normalized spacial score (nSPS) is 14.8. The van der Waals surface area contributed by atoms with E-state index in [1.807, 2.05) is 18.2 Å². The first-order valence-electron chi connectivity index (χ1n) is 8.68. The highest BCUT2D eigenvalue weighted by Crippen LogP contribution is 2.31. The Morgan fingerprint density at radius 2 is 2.14 bits per heavy atom. The molecule has 1 fully saturated rings. The van der Waals surface area contributed by atoms with E-state index in [2.05, 4.69) is 20.0 Å². The van der Waals surface area contributed by atoms with Gasteiger partial charge in [0.2, 0.25) is 0 Å². The molecule has 4 rings (SSSR count). The predicted octanol–water partition coefficient (Wildman–Crippen LogP) is 2.33. The number of nitrogens with zero attached hydrogens (tertiary/aromatic N) is 6. The molecule has 0 atom stereocenters. The number of fused-ring (bicyclic) bond motifs is 1. The molecule has 0 saturated carbocycles. The van der Waals surface area contributed by atoms with Crippen molar-refractivity contribution in [2.45, 2.75) is 6.54 Å². The Morgan fingerprint density at radius 3 is 2.89 bits per heavy atom. The van der Waals surface area contributed by atoms with E-state index in [1.165, 1.54) is 28.7 Å². The third kappa shape index (κ3) is 4.98. The molecule has 28 heavy (non-hydrogen) atoms. The van der Waals surface area contributed by atoms with E-state index in [-0.39, 0.29) is 24.9 Å². The Morgan fingerprint density at radius 1 is 1.32 bits per heavy atom. The minimum absolute atomic E-state index is 0. The number of morpholine rings is 1. The number of carbonyl (C=O) groups is 1.